The molecule has 39 heavy (non-hydrogen) atoms. The number of aliphatic hydroxyl groups is 2. The van der Waals surface area contributed by atoms with Gasteiger partial charge in [0.25, 0.3) is 0 Å². The van der Waals surface area contributed by atoms with E-state index in [1.807, 2.05) is 0 Å². The first-order chi connectivity index (χ1) is 18.6. The number of aliphatic hydroxyl groups excluding tert-OH is 1. The van der Waals surface area contributed by atoms with E-state index in [2.05, 4.69) is 37.5 Å². The summed E-state index contributed by atoms with van der Waals surface area (Å²) in [4.78, 5) is 24.6. The lowest BCUT2D eigenvalue weighted by Gasteiger charge is -2.42. The number of carbonyl (C=O) groups excluding carboxylic acids is 2. The molecule has 11 heteroatoms. The molecule has 6 atom stereocenters. The van der Waals surface area contributed by atoms with E-state index in [1.54, 1.807) is 31.4 Å². The van der Waals surface area contributed by atoms with Crippen LogP contribution in [0.3, 0.4) is 0 Å². The molecule has 1 spiro atoms. The normalized spacial score (nSPS) is 31.1. The third kappa shape index (κ3) is 7.36. The Labute approximate surface area is 228 Å². The Kier molecular flexibility index (Phi) is 9.30. The molecule has 3 fully saturated rings. The van der Waals surface area contributed by atoms with Crippen molar-refractivity contribution in [2.75, 3.05) is 32.2 Å². The van der Waals surface area contributed by atoms with E-state index in [9.17, 15) is 9.59 Å². The number of carbonyl (C=O) groups is 2. The van der Waals surface area contributed by atoms with Gasteiger partial charge < -0.3 is 44.5 Å². The Balaban J connectivity index is 1.27. The molecule has 1 saturated carbocycles. The van der Waals surface area contributed by atoms with Gasteiger partial charge in [-0.25, -0.2) is 4.79 Å². The van der Waals surface area contributed by atoms with Gasteiger partial charge in [0, 0.05) is 19.3 Å². The van der Waals surface area contributed by atoms with Crippen LogP contribution in [0, 0.1) is 5.92 Å². The van der Waals surface area contributed by atoms with E-state index in [-0.39, 0.29) is 43.5 Å². The SMILES string of the molecule is CO[C@@H]1[C@H](OC(=O)NCc2ccc(NC(=O)COCC(O)O)cc2)CC[C@]2(CO2)[C@H]1[C@@]1(C)O[C@@H]1CC=C(C)C. The lowest BCUT2D eigenvalue weighted by Crippen LogP contribution is -2.56. The maximum absolute atomic E-state index is 12.7. The summed E-state index contributed by atoms with van der Waals surface area (Å²) >= 11 is 0. The standard InChI is InChI=1S/C28H40N2O9/c1-17(2)5-10-21-27(3,39-21)25-24(35-4)20(11-12-28(25)16-37-28)38-26(34)29-13-18-6-8-19(9-7-18)30-22(31)14-36-15-23(32)33/h5-9,20-21,23-25,32-33H,10-16H2,1-4H3,(H,29,34)(H,30,31)/t20-,21-,24-,25-,27+,28+/m1/s1. The molecule has 1 aliphatic carbocycles. The van der Waals surface area contributed by atoms with Crippen LogP contribution in [0.4, 0.5) is 10.5 Å². The number of amides is 2. The van der Waals surface area contributed by atoms with Crippen molar-refractivity contribution in [2.45, 2.75) is 82.4 Å². The first kappa shape index (κ1) is 29.4. The summed E-state index contributed by atoms with van der Waals surface area (Å²) in [5.74, 6) is -0.463. The number of allylic oxidation sites excluding steroid dienone is 1. The average molecular weight is 549 g/mol. The van der Waals surface area contributed by atoms with E-state index < -0.39 is 30.0 Å². The highest BCUT2D eigenvalue weighted by molar-refractivity contribution is 5.91. The molecule has 2 amide bonds. The van der Waals surface area contributed by atoms with E-state index in [0.717, 1.165) is 18.4 Å². The number of anilines is 1. The van der Waals surface area contributed by atoms with Gasteiger partial charge in [-0.05, 0) is 57.7 Å². The summed E-state index contributed by atoms with van der Waals surface area (Å²) in [7, 11) is 1.65. The third-order valence-corrected chi connectivity index (χ3v) is 7.67. The Morgan fingerprint density at radius 3 is 2.56 bits per heavy atom. The Morgan fingerprint density at radius 1 is 1.23 bits per heavy atom. The highest BCUT2D eigenvalue weighted by Crippen LogP contribution is 2.59. The molecular formula is C28H40N2O9. The molecule has 1 aromatic carbocycles. The summed E-state index contributed by atoms with van der Waals surface area (Å²) in [6.07, 6.45) is 1.60. The predicted octanol–water partition coefficient (Wildman–Crippen LogP) is 2.25. The predicted molar refractivity (Wildman–Crippen MR) is 141 cm³/mol. The van der Waals surface area contributed by atoms with Crippen molar-refractivity contribution < 1.29 is 43.5 Å². The zero-order valence-corrected chi connectivity index (χ0v) is 23.0. The van der Waals surface area contributed by atoms with Crippen LogP contribution in [-0.4, -0.2) is 84.9 Å². The summed E-state index contributed by atoms with van der Waals surface area (Å²) in [6, 6.07) is 6.94. The fraction of sp³-hybridized carbons (Fsp3) is 0.643. The number of nitrogens with one attached hydrogen (secondary N) is 2. The van der Waals surface area contributed by atoms with Gasteiger partial charge in [-0.15, -0.1) is 0 Å². The van der Waals surface area contributed by atoms with Gasteiger partial charge in [0.1, 0.15) is 30.0 Å². The van der Waals surface area contributed by atoms with E-state index in [4.69, 9.17) is 33.9 Å². The minimum absolute atomic E-state index is 0.0426. The molecule has 4 rings (SSSR count). The first-order valence-corrected chi connectivity index (χ1v) is 13.3. The van der Waals surface area contributed by atoms with Gasteiger partial charge in [-0.3, -0.25) is 4.79 Å². The maximum Gasteiger partial charge on any atom is 0.407 e. The number of methoxy groups -OCH3 is 1. The number of hydrogen-bond donors (Lipinski definition) is 4. The number of rotatable bonds is 12. The molecule has 3 aliphatic rings. The van der Waals surface area contributed by atoms with Crippen LogP contribution in [0.15, 0.2) is 35.9 Å². The van der Waals surface area contributed by atoms with Crippen LogP contribution in [0.2, 0.25) is 0 Å². The zero-order chi connectivity index (χ0) is 28.2. The quantitative estimate of drug-likeness (QED) is 0.175. The Hall–Kier alpha value is -2.54. The molecule has 2 saturated heterocycles. The summed E-state index contributed by atoms with van der Waals surface area (Å²) in [5, 5.41) is 22.9. The molecule has 0 aromatic heterocycles. The molecule has 1 aromatic rings. The Morgan fingerprint density at radius 2 is 1.95 bits per heavy atom. The molecule has 0 radical (unpaired) electrons. The van der Waals surface area contributed by atoms with Crippen molar-refractivity contribution in [2.24, 2.45) is 5.92 Å². The second-order valence-electron chi connectivity index (χ2n) is 10.9. The highest BCUT2D eigenvalue weighted by atomic mass is 16.6. The van der Waals surface area contributed by atoms with Crippen LogP contribution in [0.1, 0.15) is 45.6 Å². The average Bonchev–Trinajstić information content (AvgIpc) is 3.80. The molecule has 0 bridgehead atoms. The van der Waals surface area contributed by atoms with Crippen molar-refractivity contribution in [3.8, 4) is 0 Å². The number of alkyl carbamates (subject to hydrolysis) is 1. The second-order valence-corrected chi connectivity index (χ2v) is 10.9. The minimum Gasteiger partial charge on any atom is -0.443 e. The van der Waals surface area contributed by atoms with Gasteiger partial charge in [-0.2, -0.15) is 0 Å². The molecule has 2 aliphatic heterocycles. The first-order valence-electron chi connectivity index (χ1n) is 13.3. The molecule has 11 nitrogen and oxygen atoms in total. The molecule has 0 unspecified atom stereocenters. The van der Waals surface area contributed by atoms with Crippen molar-refractivity contribution in [3.05, 3.63) is 41.5 Å². The van der Waals surface area contributed by atoms with Crippen LogP contribution in [-0.2, 0) is 35.0 Å². The van der Waals surface area contributed by atoms with Gasteiger partial charge in [-0.1, -0.05) is 23.8 Å². The topological polar surface area (TPSA) is 151 Å². The minimum atomic E-state index is -1.62. The monoisotopic (exact) mass is 548 g/mol. The summed E-state index contributed by atoms with van der Waals surface area (Å²) in [6.45, 7) is 6.52. The second kappa shape index (κ2) is 12.3. The van der Waals surface area contributed by atoms with Crippen molar-refractivity contribution in [1.29, 1.82) is 0 Å². The van der Waals surface area contributed by atoms with E-state index >= 15 is 0 Å². The highest BCUT2D eigenvalue weighted by Gasteiger charge is 2.72. The van der Waals surface area contributed by atoms with Crippen LogP contribution in [0.5, 0.6) is 0 Å². The molecule has 2 heterocycles. The lowest BCUT2D eigenvalue weighted by atomic mass is 9.68. The van der Waals surface area contributed by atoms with Crippen LogP contribution < -0.4 is 10.6 Å². The molecule has 4 N–H and O–H groups in total. The largest absolute Gasteiger partial charge is 0.443 e. The summed E-state index contributed by atoms with van der Waals surface area (Å²) in [5.41, 5.74) is 1.94. The number of epoxide rings is 2. The zero-order valence-electron chi connectivity index (χ0n) is 23.0. The number of benzene rings is 1. The van der Waals surface area contributed by atoms with E-state index in [0.29, 0.717) is 18.7 Å². The summed E-state index contributed by atoms with van der Waals surface area (Å²) < 4.78 is 28.8. The third-order valence-electron chi connectivity index (χ3n) is 7.67. The number of ether oxygens (including phenoxy) is 5. The van der Waals surface area contributed by atoms with Gasteiger partial charge in [0.15, 0.2) is 6.29 Å². The fourth-order valence-electron chi connectivity index (χ4n) is 5.58. The van der Waals surface area contributed by atoms with Gasteiger partial charge in [0.05, 0.1) is 25.2 Å². The van der Waals surface area contributed by atoms with Gasteiger partial charge >= 0.3 is 6.09 Å². The van der Waals surface area contributed by atoms with Crippen LogP contribution in [0.25, 0.3) is 0 Å². The smallest absolute Gasteiger partial charge is 0.407 e. The molecular weight excluding hydrogens is 508 g/mol. The van der Waals surface area contributed by atoms with Crippen molar-refractivity contribution >= 4 is 17.7 Å². The Bertz CT molecular complexity index is 1040. The van der Waals surface area contributed by atoms with E-state index in [1.165, 1.54) is 5.57 Å². The van der Waals surface area contributed by atoms with Crippen molar-refractivity contribution in [1.82, 2.24) is 5.32 Å². The van der Waals surface area contributed by atoms with Gasteiger partial charge in [0.2, 0.25) is 5.91 Å². The van der Waals surface area contributed by atoms with Crippen LogP contribution >= 0.6 is 0 Å². The fourth-order valence-corrected chi connectivity index (χ4v) is 5.58. The maximum atomic E-state index is 12.7. The number of hydrogen-bond acceptors (Lipinski definition) is 9. The van der Waals surface area contributed by atoms with Crippen molar-refractivity contribution in [3.63, 3.8) is 0 Å². The molecule has 216 valence electrons. The lowest BCUT2D eigenvalue weighted by molar-refractivity contribution is -0.127.